The van der Waals surface area contributed by atoms with Crippen molar-refractivity contribution in [3.05, 3.63) is 24.0 Å². The topological polar surface area (TPSA) is 36.3 Å². The van der Waals surface area contributed by atoms with E-state index in [1.165, 1.54) is 5.69 Å². The van der Waals surface area contributed by atoms with Gasteiger partial charge in [0.15, 0.2) is 0 Å². The first kappa shape index (κ1) is 15.6. The van der Waals surface area contributed by atoms with E-state index >= 15 is 0 Å². The minimum atomic E-state index is -0.352. The standard InChI is InChI=1S/C14H18BIN2O2S/c1-9-8-10-11(6-7-17-12(10)18(9)21-16)15-19-13(2,3)14(4,5)20-15/h6-8H,1-5H3. The molecule has 0 aliphatic carbocycles. The molecule has 0 spiro atoms. The van der Waals surface area contributed by atoms with Crippen molar-refractivity contribution < 1.29 is 9.31 Å². The highest BCUT2D eigenvalue weighted by Crippen LogP contribution is 2.37. The highest BCUT2D eigenvalue weighted by atomic mass is 127. The van der Waals surface area contributed by atoms with Crippen LogP contribution < -0.4 is 5.46 Å². The third-order valence-electron chi connectivity index (χ3n) is 4.44. The van der Waals surface area contributed by atoms with Crippen LogP contribution in [0.3, 0.4) is 0 Å². The Morgan fingerprint density at radius 3 is 2.43 bits per heavy atom. The number of fused-ring (bicyclic) bond motifs is 1. The zero-order chi connectivity index (χ0) is 15.4. The Balaban J connectivity index is 2.11. The van der Waals surface area contributed by atoms with E-state index in [9.17, 15) is 0 Å². The molecule has 0 aromatic carbocycles. The van der Waals surface area contributed by atoms with E-state index in [4.69, 9.17) is 9.31 Å². The summed E-state index contributed by atoms with van der Waals surface area (Å²) in [6, 6.07) is 4.14. The van der Waals surface area contributed by atoms with E-state index in [-0.39, 0.29) is 18.3 Å². The molecule has 0 saturated carbocycles. The van der Waals surface area contributed by atoms with Gasteiger partial charge < -0.3 is 9.31 Å². The first-order valence-corrected chi connectivity index (χ1v) is 10.2. The lowest BCUT2D eigenvalue weighted by atomic mass is 9.78. The zero-order valence-corrected chi connectivity index (χ0v) is 15.8. The van der Waals surface area contributed by atoms with Gasteiger partial charge in [-0.1, -0.05) is 0 Å². The quantitative estimate of drug-likeness (QED) is 0.555. The lowest BCUT2D eigenvalue weighted by Gasteiger charge is -2.32. The number of hydrogen-bond donors (Lipinski definition) is 0. The summed E-state index contributed by atoms with van der Waals surface area (Å²) in [7, 11) is 1.27. The van der Waals surface area contributed by atoms with Crippen molar-refractivity contribution in [1.82, 2.24) is 8.96 Å². The first-order chi connectivity index (χ1) is 9.77. The smallest absolute Gasteiger partial charge is 0.399 e. The summed E-state index contributed by atoms with van der Waals surface area (Å²) in [5.41, 5.74) is 2.51. The lowest BCUT2D eigenvalue weighted by molar-refractivity contribution is 0.00578. The Morgan fingerprint density at radius 1 is 1.24 bits per heavy atom. The van der Waals surface area contributed by atoms with Crippen LogP contribution in [0.25, 0.3) is 11.0 Å². The fourth-order valence-electron chi connectivity index (χ4n) is 2.48. The average molecular weight is 416 g/mol. The van der Waals surface area contributed by atoms with E-state index in [1.54, 1.807) is 9.12 Å². The minimum Gasteiger partial charge on any atom is -0.399 e. The lowest BCUT2D eigenvalue weighted by Crippen LogP contribution is -2.41. The molecule has 1 saturated heterocycles. The Hall–Kier alpha value is -0.245. The molecule has 0 amide bonds. The van der Waals surface area contributed by atoms with Crippen LogP contribution in [0.15, 0.2) is 18.3 Å². The van der Waals surface area contributed by atoms with Gasteiger partial charge in [0.05, 0.1) is 11.2 Å². The maximum absolute atomic E-state index is 6.17. The molecule has 4 nitrogen and oxygen atoms in total. The molecule has 0 N–H and O–H groups in total. The molecule has 0 radical (unpaired) electrons. The number of hydrogen-bond acceptors (Lipinski definition) is 4. The van der Waals surface area contributed by atoms with Gasteiger partial charge in [0.1, 0.15) is 5.65 Å². The second-order valence-corrected chi connectivity index (χ2v) is 8.06. The molecule has 1 aliphatic rings. The molecule has 0 atom stereocenters. The summed E-state index contributed by atoms with van der Waals surface area (Å²) in [6.07, 6.45) is 1.82. The molecule has 3 rings (SSSR count). The predicted octanol–water partition coefficient (Wildman–Crippen LogP) is 3.49. The molecule has 3 heterocycles. The van der Waals surface area contributed by atoms with Gasteiger partial charge in [-0.3, -0.25) is 3.97 Å². The van der Waals surface area contributed by atoms with E-state index in [2.05, 4.69) is 70.8 Å². The highest BCUT2D eigenvalue weighted by Gasteiger charge is 2.52. The van der Waals surface area contributed by atoms with Crippen LogP contribution in [-0.2, 0) is 9.31 Å². The van der Waals surface area contributed by atoms with Gasteiger partial charge >= 0.3 is 7.12 Å². The number of aromatic nitrogens is 2. The molecule has 112 valence electrons. The monoisotopic (exact) mass is 416 g/mol. The van der Waals surface area contributed by atoms with Crippen LogP contribution in [-0.4, -0.2) is 27.3 Å². The van der Waals surface area contributed by atoms with Crippen molar-refractivity contribution >= 4 is 53.9 Å². The van der Waals surface area contributed by atoms with Gasteiger partial charge in [0, 0.05) is 47.6 Å². The molecule has 2 aromatic heterocycles. The summed E-state index contributed by atoms with van der Waals surface area (Å²) in [6.45, 7) is 10.4. The average Bonchev–Trinajstić information content (AvgIpc) is 2.82. The van der Waals surface area contributed by atoms with Crippen molar-refractivity contribution in [2.24, 2.45) is 0 Å². The fraction of sp³-hybridized carbons (Fsp3) is 0.500. The third-order valence-corrected chi connectivity index (χ3v) is 6.23. The predicted molar refractivity (Wildman–Crippen MR) is 97.2 cm³/mol. The highest BCUT2D eigenvalue weighted by molar-refractivity contribution is 14.2. The summed E-state index contributed by atoms with van der Waals surface area (Å²) >= 11 is 2.27. The van der Waals surface area contributed by atoms with Crippen molar-refractivity contribution in [3.63, 3.8) is 0 Å². The summed E-state index contributed by atoms with van der Waals surface area (Å²) in [5.74, 6) is 0. The largest absolute Gasteiger partial charge is 0.495 e. The van der Waals surface area contributed by atoms with Gasteiger partial charge in [-0.2, -0.15) is 0 Å². The molecular weight excluding hydrogens is 398 g/mol. The number of aryl methyl sites for hydroxylation is 1. The maximum atomic E-state index is 6.17. The second kappa shape index (κ2) is 5.14. The number of nitrogens with zero attached hydrogens (tertiary/aromatic N) is 2. The Labute approximate surface area is 141 Å². The van der Waals surface area contributed by atoms with Gasteiger partial charge in [-0.15, -0.1) is 0 Å². The van der Waals surface area contributed by atoms with Gasteiger partial charge in [0.25, 0.3) is 0 Å². The van der Waals surface area contributed by atoms with Crippen molar-refractivity contribution in [2.45, 2.75) is 45.8 Å². The second-order valence-electron chi connectivity index (χ2n) is 6.37. The number of pyridine rings is 1. The molecule has 0 bridgehead atoms. The van der Waals surface area contributed by atoms with E-state index < -0.39 is 0 Å². The van der Waals surface area contributed by atoms with Gasteiger partial charge in [-0.25, -0.2) is 4.98 Å². The van der Waals surface area contributed by atoms with Crippen LogP contribution in [0.1, 0.15) is 33.4 Å². The molecule has 1 aliphatic heterocycles. The van der Waals surface area contributed by atoms with Crippen LogP contribution in [0.5, 0.6) is 0 Å². The summed E-state index contributed by atoms with van der Waals surface area (Å²) in [4.78, 5) is 4.50. The molecule has 21 heavy (non-hydrogen) atoms. The van der Waals surface area contributed by atoms with Crippen LogP contribution in [0, 0.1) is 6.92 Å². The van der Waals surface area contributed by atoms with E-state index in [1.807, 2.05) is 12.3 Å². The molecule has 0 unspecified atom stereocenters. The maximum Gasteiger partial charge on any atom is 0.495 e. The van der Waals surface area contributed by atoms with Crippen molar-refractivity contribution in [1.29, 1.82) is 0 Å². The van der Waals surface area contributed by atoms with Crippen LogP contribution >= 0.6 is 30.3 Å². The molecule has 7 heteroatoms. The zero-order valence-electron chi connectivity index (χ0n) is 12.8. The fourth-order valence-corrected chi connectivity index (χ4v) is 4.35. The van der Waals surface area contributed by atoms with E-state index in [0.29, 0.717) is 0 Å². The van der Waals surface area contributed by atoms with E-state index in [0.717, 1.165) is 16.5 Å². The molecule has 1 fully saturated rings. The summed E-state index contributed by atoms with van der Waals surface area (Å²) in [5, 5.41) is 1.10. The van der Waals surface area contributed by atoms with Crippen LogP contribution in [0.2, 0.25) is 0 Å². The van der Waals surface area contributed by atoms with Gasteiger partial charge in [0.2, 0.25) is 0 Å². The normalized spacial score (nSPS) is 20.4. The van der Waals surface area contributed by atoms with Crippen LogP contribution in [0.4, 0.5) is 0 Å². The Kier molecular flexibility index (Phi) is 3.83. The Bertz CT molecular complexity index is 686. The molecule has 2 aromatic rings. The number of rotatable bonds is 2. The Morgan fingerprint density at radius 2 is 1.86 bits per heavy atom. The minimum absolute atomic E-state index is 0.330. The summed E-state index contributed by atoms with van der Waals surface area (Å²) < 4.78 is 14.5. The van der Waals surface area contributed by atoms with Crippen molar-refractivity contribution in [3.8, 4) is 0 Å². The first-order valence-electron chi connectivity index (χ1n) is 6.88. The SMILES string of the molecule is Cc1cc2c(B3OC(C)(C)C(C)(C)O3)ccnc2n1SI. The van der Waals surface area contributed by atoms with Gasteiger partial charge in [-0.05, 0) is 52.2 Å². The molecular formula is C14H18BIN2O2S. The number of halogens is 1. The van der Waals surface area contributed by atoms with Crippen molar-refractivity contribution in [2.75, 3.05) is 0 Å². The third kappa shape index (κ3) is 2.42.